The van der Waals surface area contributed by atoms with E-state index < -0.39 is 0 Å². The molecule has 0 saturated heterocycles. The number of halogens is 1. The molecular weight excluding hydrogens is 203 g/mol. The van der Waals surface area contributed by atoms with E-state index >= 15 is 0 Å². The molecule has 2 nitrogen and oxygen atoms in total. The number of hydrogen-bond donors (Lipinski definition) is 0. The summed E-state index contributed by atoms with van der Waals surface area (Å²) in [5.74, 6) is 0.393. The van der Waals surface area contributed by atoms with E-state index in [1.807, 2.05) is 12.4 Å². The van der Waals surface area contributed by atoms with Crippen LogP contribution < -0.4 is 0 Å². The molecule has 0 unspecified atom stereocenters. The predicted molar refractivity (Wildman–Crippen MR) is 62.1 cm³/mol. The van der Waals surface area contributed by atoms with E-state index in [0.717, 1.165) is 12.1 Å². The Morgan fingerprint density at radius 1 is 1.25 bits per heavy atom. The molecule has 0 radical (unpaired) electrons. The fourth-order valence-corrected chi connectivity index (χ4v) is 1.67. The Bertz CT molecular complexity index is 457. The number of benzene rings is 1. The zero-order valence-electron chi connectivity index (χ0n) is 9.52. The summed E-state index contributed by atoms with van der Waals surface area (Å²) in [6.07, 6.45) is 4.87. The van der Waals surface area contributed by atoms with Crippen molar-refractivity contribution in [2.24, 2.45) is 5.92 Å². The van der Waals surface area contributed by atoms with Crippen LogP contribution in [0.2, 0.25) is 0 Å². The van der Waals surface area contributed by atoms with Gasteiger partial charge in [0.05, 0.1) is 11.9 Å². The van der Waals surface area contributed by atoms with E-state index in [1.165, 1.54) is 17.7 Å². The second kappa shape index (κ2) is 4.47. The summed E-state index contributed by atoms with van der Waals surface area (Å²) in [4.78, 5) is 0. The molecule has 0 amide bonds. The highest BCUT2D eigenvalue weighted by Gasteiger charge is 2.03. The van der Waals surface area contributed by atoms with Crippen LogP contribution in [0, 0.1) is 11.7 Å². The Balaban J connectivity index is 2.21. The van der Waals surface area contributed by atoms with Crippen LogP contribution in [0.4, 0.5) is 4.39 Å². The quantitative estimate of drug-likeness (QED) is 0.773. The van der Waals surface area contributed by atoms with Crippen LogP contribution in [0.1, 0.15) is 19.4 Å². The van der Waals surface area contributed by atoms with Gasteiger partial charge in [-0.05, 0) is 42.2 Å². The number of aromatic nitrogens is 2. The van der Waals surface area contributed by atoms with Gasteiger partial charge in [0.2, 0.25) is 0 Å². The summed E-state index contributed by atoms with van der Waals surface area (Å²) in [5, 5.41) is 4.26. The van der Waals surface area contributed by atoms with E-state index in [0.29, 0.717) is 5.92 Å². The highest BCUT2D eigenvalue weighted by molar-refractivity contribution is 5.31. The van der Waals surface area contributed by atoms with Crippen LogP contribution in [0.25, 0.3) is 5.69 Å². The number of rotatable bonds is 3. The van der Waals surface area contributed by atoms with Crippen molar-refractivity contribution in [1.29, 1.82) is 0 Å². The van der Waals surface area contributed by atoms with Crippen LogP contribution in [0.5, 0.6) is 0 Å². The molecule has 1 aromatic heterocycles. The fourth-order valence-electron chi connectivity index (χ4n) is 1.67. The lowest BCUT2D eigenvalue weighted by atomic mass is 10.1. The molecule has 0 N–H and O–H groups in total. The lowest BCUT2D eigenvalue weighted by Gasteiger charge is -2.01. The Morgan fingerprint density at radius 2 is 1.94 bits per heavy atom. The third kappa shape index (κ3) is 2.48. The summed E-state index contributed by atoms with van der Waals surface area (Å²) in [5.41, 5.74) is 2.09. The zero-order valence-corrected chi connectivity index (χ0v) is 9.52. The van der Waals surface area contributed by atoms with Crippen LogP contribution >= 0.6 is 0 Å². The Kier molecular flexibility index (Phi) is 3.04. The standard InChI is InChI=1S/C13H15FN2/c1-10(2)7-11-8-15-16(9-11)13-5-3-12(14)4-6-13/h3-6,8-10H,7H2,1-2H3. The molecule has 0 fully saturated rings. The van der Waals surface area contributed by atoms with Crippen LogP contribution in [0.3, 0.4) is 0 Å². The maximum Gasteiger partial charge on any atom is 0.123 e. The van der Waals surface area contributed by atoms with Gasteiger partial charge in [-0.15, -0.1) is 0 Å². The van der Waals surface area contributed by atoms with Gasteiger partial charge in [0.1, 0.15) is 5.82 Å². The van der Waals surface area contributed by atoms with E-state index in [9.17, 15) is 4.39 Å². The monoisotopic (exact) mass is 218 g/mol. The Hall–Kier alpha value is -1.64. The normalized spacial score (nSPS) is 11.0. The maximum absolute atomic E-state index is 12.7. The summed E-state index contributed by atoms with van der Waals surface area (Å²) < 4.78 is 14.5. The van der Waals surface area contributed by atoms with E-state index in [4.69, 9.17) is 0 Å². The molecule has 84 valence electrons. The molecule has 0 saturated carbocycles. The second-order valence-electron chi connectivity index (χ2n) is 4.37. The zero-order chi connectivity index (χ0) is 11.5. The van der Waals surface area contributed by atoms with Crippen LogP contribution in [-0.4, -0.2) is 9.78 Å². The van der Waals surface area contributed by atoms with Crippen molar-refractivity contribution in [3.63, 3.8) is 0 Å². The summed E-state index contributed by atoms with van der Waals surface area (Å²) in [6, 6.07) is 6.33. The minimum absolute atomic E-state index is 0.224. The molecule has 0 bridgehead atoms. The summed E-state index contributed by atoms with van der Waals surface area (Å²) in [6.45, 7) is 4.35. The largest absolute Gasteiger partial charge is 0.241 e. The average Bonchev–Trinajstić information content (AvgIpc) is 2.66. The molecule has 1 heterocycles. The first kappa shape index (κ1) is 10.9. The molecular formula is C13H15FN2. The van der Waals surface area contributed by atoms with Crippen molar-refractivity contribution in [3.8, 4) is 5.69 Å². The highest BCUT2D eigenvalue weighted by atomic mass is 19.1. The first-order chi connectivity index (χ1) is 7.65. The van der Waals surface area contributed by atoms with Gasteiger partial charge in [-0.2, -0.15) is 5.10 Å². The molecule has 0 aliphatic carbocycles. The van der Waals surface area contributed by atoms with Crippen LogP contribution in [0.15, 0.2) is 36.7 Å². The van der Waals surface area contributed by atoms with Crippen molar-refractivity contribution in [2.75, 3.05) is 0 Å². The van der Waals surface area contributed by atoms with Crippen molar-refractivity contribution < 1.29 is 4.39 Å². The van der Waals surface area contributed by atoms with Crippen molar-refractivity contribution in [3.05, 3.63) is 48.0 Å². The van der Waals surface area contributed by atoms with Crippen molar-refractivity contribution in [1.82, 2.24) is 9.78 Å². The summed E-state index contributed by atoms with van der Waals surface area (Å²) >= 11 is 0. The number of hydrogen-bond acceptors (Lipinski definition) is 1. The number of nitrogens with zero attached hydrogens (tertiary/aromatic N) is 2. The maximum atomic E-state index is 12.7. The molecule has 16 heavy (non-hydrogen) atoms. The molecule has 2 rings (SSSR count). The first-order valence-corrected chi connectivity index (χ1v) is 5.44. The van der Waals surface area contributed by atoms with Gasteiger partial charge in [-0.25, -0.2) is 9.07 Å². The average molecular weight is 218 g/mol. The predicted octanol–water partition coefficient (Wildman–Crippen LogP) is 3.21. The third-order valence-electron chi connectivity index (χ3n) is 2.37. The molecule has 2 aromatic rings. The van der Waals surface area contributed by atoms with Gasteiger partial charge in [-0.3, -0.25) is 0 Å². The Morgan fingerprint density at radius 3 is 2.56 bits per heavy atom. The van der Waals surface area contributed by atoms with Gasteiger partial charge in [-0.1, -0.05) is 13.8 Å². The SMILES string of the molecule is CC(C)Cc1cnn(-c2ccc(F)cc2)c1. The van der Waals surface area contributed by atoms with Gasteiger partial charge in [0.15, 0.2) is 0 Å². The summed E-state index contributed by atoms with van der Waals surface area (Å²) in [7, 11) is 0. The minimum Gasteiger partial charge on any atom is -0.241 e. The third-order valence-corrected chi connectivity index (χ3v) is 2.37. The molecule has 0 atom stereocenters. The smallest absolute Gasteiger partial charge is 0.123 e. The molecule has 3 heteroatoms. The van der Waals surface area contributed by atoms with E-state index in [-0.39, 0.29) is 5.82 Å². The lowest BCUT2D eigenvalue weighted by molar-refractivity contribution is 0.627. The minimum atomic E-state index is -0.224. The molecule has 0 spiro atoms. The fraction of sp³-hybridized carbons (Fsp3) is 0.308. The van der Waals surface area contributed by atoms with E-state index in [2.05, 4.69) is 18.9 Å². The van der Waals surface area contributed by atoms with Gasteiger partial charge in [0.25, 0.3) is 0 Å². The highest BCUT2D eigenvalue weighted by Crippen LogP contribution is 2.12. The van der Waals surface area contributed by atoms with Gasteiger partial charge < -0.3 is 0 Å². The molecule has 1 aromatic carbocycles. The van der Waals surface area contributed by atoms with Crippen molar-refractivity contribution >= 4 is 0 Å². The molecule has 0 aliphatic rings. The first-order valence-electron chi connectivity index (χ1n) is 5.44. The lowest BCUT2D eigenvalue weighted by Crippen LogP contribution is -1.94. The van der Waals surface area contributed by atoms with Gasteiger partial charge in [0, 0.05) is 6.20 Å². The molecule has 0 aliphatic heterocycles. The van der Waals surface area contributed by atoms with Crippen LogP contribution in [-0.2, 0) is 6.42 Å². The topological polar surface area (TPSA) is 17.8 Å². The van der Waals surface area contributed by atoms with Crippen molar-refractivity contribution in [2.45, 2.75) is 20.3 Å². The second-order valence-corrected chi connectivity index (χ2v) is 4.37. The Labute approximate surface area is 94.7 Å². The van der Waals surface area contributed by atoms with E-state index in [1.54, 1.807) is 16.8 Å². The van der Waals surface area contributed by atoms with Gasteiger partial charge >= 0.3 is 0 Å².